The van der Waals surface area contributed by atoms with Crippen molar-refractivity contribution in [2.45, 2.75) is 45.1 Å². The molecule has 3 heterocycles. The van der Waals surface area contributed by atoms with Gasteiger partial charge in [-0.05, 0) is 44.7 Å². The topological polar surface area (TPSA) is 79.3 Å². The highest BCUT2D eigenvalue weighted by Gasteiger charge is 2.30. The number of amides is 2. The maximum absolute atomic E-state index is 12.8. The fraction of sp³-hybridized carbons (Fsp3) is 0.722. The summed E-state index contributed by atoms with van der Waals surface area (Å²) in [6, 6.07) is 2.13. The molecule has 0 bridgehead atoms. The van der Waals surface area contributed by atoms with Crippen LogP contribution in [0.4, 0.5) is 0 Å². The standard InChI is InChI=1S/C18H29N5O2.ClH/c1-2-8-20-17(24)14-5-4-10-22(13-14)18(25)16-7-11-23(21-16)15-6-3-9-19-12-15;/h7,11,14-15,19H,2-6,8-10,12-13H2,1H3,(H,20,24);1H. The average Bonchev–Trinajstić information content (AvgIpc) is 3.16. The summed E-state index contributed by atoms with van der Waals surface area (Å²) in [4.78, 5) is 26.8. The van der Waals surface area contributed by atoms with Crippen LogP contribution in [-0.2, 0) is 4.79 Å². The third-order valence-electron chi connectivity index (χ3n) is 5.10. The van der Waals surface area contributed by atoms with E-state index in [9.17, 15) is 9.59 Å². The van der Waals surface area contributed by atoms with E-state index >= 15 is 0 Å². The molecule has 2 saturated heterocycles. The number of carbonyl (C=O) groups excluding carboxylic acids is 2. The first-order valence-corrected chi connectivity index (χ1v) is 9.52. The lowest BCUT2D eigenvalue weighted by Crippen LogP contribution is -2.45. The maximum atomic E-state index is 12.8. The van der Waals surface area contributed by atoms with Gasteiger partial charge >= 0.3 is 0 Å². The summed E-state index contributed by atoms with van der Waals surface area (Å²) < 4.78 is 1.91. The molecule has 2 N–H and O–H groups in total. The zero-order valence-corrected chi connectivity index (χ0v) is 16.3. The van der Waals surface area contributed by atoms with Gasteiger partial charge in [-0.3, -0.25) is 14.3 Å². The van der Waals surface area contributed by atoms with Crippen LogP contribution in [0.3, 0.4) is 0 Å². The number of halogens is 1. The van der Waals surface area contributed by atoms with E-state index in [0.29, 0.717) is 31.4 Å². The predicted molar refractivity (Wildman–Crippen MR) is 103 cm³/mol. The number of hydrogen-bond donors (Lipinski definition) is 2. The SMILES string of the molecule is CCCNC(=O)C1CCCN(C(=O)c2ccn(C3CCCNC3)n2)C1.Cl. The molecule has 2 fully saturated rings. The number of carbonyl (C=O) groups is 2. The van der Waals surface area contributed by atoms with Crippen molar-refractivity contribution >= 4 is 24.2 Å². The summed E-state index contributed by atoms with van der Waals surface area (Å²) in [7, 11) is 0. The van der Waals surface area contributed by atoms with E-state index in [1.165, 1.54) is 0 Å². The first-order valence-electron chi connectivity index (χ1n) is 9.52. The van der Waals surface area contributed by atoms with Gasteiger partial charge in [0.1, 0.15) is 5.69 Å². The van der Waals surface area contributed by atoms with Crippen molar-refractivity contribution in [1.82, 2.24) is 25.3 Å². The second kappa shape index (κ2) is 9.92. The molecule has 0 radical (unpaired) electrons. The van der Waals surface area contributed by atoms with Crippen molar-refractivity contribution in [3.8, 4) is 0 Å². The lowest BCUT2D eigenvalue weighted by atomic mass is 9.97. The van der Waals surface area contributed by atoms with Crippen molar-refractivity contribution in [2.24, 2.45) is 5.92 Å². The summed E-state index contributed by atoms with van der Waals surface area (Å²) >= 11 is 0. The van der Waals surface area contributed by atoms with Crippen molar-refractivity contribution in [1.29, 1.82) is 0 Å². The Morgan fingerprint density at radius 3 is 2.92 bits per heavy atom. The van der Waals surface area contributed by atoms with E-state index in [4.69, 9.17) is 0 Å². The van der Waals surface area contributed by atoms with Crippen LogP contribution in [0.5, 0.6) is 0 Å². The van der Waals surface area contributed by atoms with Gasteiger partial charge in [0.05, 0.1) is 12.0 Å². The highest BCUT2D eigenvalue weighted by molar-refractivity contribution is 5.92. The number of nitrogens with zero attached hydrogens (tertiary/aromatic N) is 3. The lowest BCUT2D eigenvalue weighted by Gasteiger charge is -2.31. The van der Waals surface area contributed by atoms with Crippen LogP contribution in [0.2, 0.25) is 0 Å². The zero-order valence-electron chi connectivity index (χ0n) is 15.4. The summed E-state index contributed by atoms with van der Waals surface area (Å²) in [5.41, 5.74) is 0.486. The Hall–Kier alpha value is -1.60. The third-order valence-corrected chi connectivity index (χ3v) is 5.10. The highest BCUT2D eigenvalue weighted by atomic mass is 35.5. The Morgan fingerprint density at radius 1 is 1.35 bits per heavy atom. The predicted octanol–water partition coefficient (Wildman–Crippen LogP) is 1.61. The summed E-state index contributed by atoms with van der Waals surface area (Å²) in [6.07, 6.45) is 6.76. The molecule has 0 spiro atoms. The molecule has 1 aromatic heterocycles. The molecule has 26 heavy (non-hydrogen) atoms. The van der Waals surface area contributed by atoms with E-state index in [0.717, 1.165) is 45.2 Å². The highest BCUT2D eigenvalue weighted by Crippen LogP contribution is 2.20. The van der Waals surface area contributed by atoms with Crippen LogP contribution in [-0.4, -0.2) is 59.2 Å². The number of hydrogen-bond acceptors (Lipinski definition) is 4. The molecule has 2 aliphatic rings. The van der Waals surface area contributed by atoms with Gasteiger partial charge in [0.25, 0.3) is 5.91 Å². The number of piperidine rings is 2. The van der Waals surface area contributed by atoms with Crippen molar-refractivity contribution in [2.75, 3.05) is 32.7 Å². The molecular formula is C18H30ClN5O2. The zero-order chi connectivity index (χ0) is 17.6. The van der Waals surface area contributed by atoms with Crippen LogP contribution in [0.1, 0.15) is 55.6 Å². The van der Waals surface area contributed by atoms with Crippen LogP contribution < -0.4 is 10.6 Å². The van der Waals surface area contributed by atoms with Gasteiger partial charge < -0.3 is 15.5 Å². The molecule has 2 unspecified atom stereocenters. The van der Waals surface area contributed by atoms with Crippen molar-refractivity contribution < 1.29 is 9.59 Å². The fourth-order valence-electron chi connectivity index (χ4n) is 3.64. The Kier molecular flexibility index (Phi) is 7.90. The Morgan fingerprint density at radius 2 is 2.19 bits per heavy atom. The number of nitrogens with one attached hydrogen (secondary N) is 2. The number of rotatable bonds is 5. The molecule has 0 aliphatic carbocycles. The Labute approximate surface area is 161 Å². The molecule has 2 amide bonds. The van der Waals surface area contributed by atoms with E-state index < -0.39 is 0 Å². The van der Waals surface area contributed by atoms with E-state index in [1.807, 2.05) is 17.8 Å². The Bertz CT molecular complexity index is 600. The minimum absolute atomic E-state index is 0. The number of aromatic nitrogens is 2. The molecular weight excluding hydrogens is 354 g/mol. The number of likely N-dealkylation sites (tertiary alicyclic amines) is 1. The minimum atomic E-state index is -0.103. The lowest BCUT2D eigenvalue weighted by molar-refractivity contribution is -0.126. The van der Waals surface area contributed by atoms with Gasteiger partial charge in [-0.2, -0.15) is 5.10 Å². The summed E-state index contributed by atoms with van der Waals surface area (Å²) in [6.45, 7) is 5.89. The fourth-order valence-corrected chi connectivity index (χ4v) is 3.64. The Balaban J connectivity index is 0.00000243. The molecule has 2 atom stereocenters. The normalized spacial score (nSPS) is 23.2. The van der Waals surface area contributed by atoms with E-state index in [2.05, 4.69) is 15.7 Å². The minimum Gasteiger partial charge on any atom is -0.356 e. The molecule has 3 rings (SSSR count). The van der Waals surface area contributed by atoms with Crippen LogP contribution in [0, 0.1) is 5.92 Å². The quantitative estimate of drug-likeness (QED) is 0.809. The smallest absolute Gasteiger partial charge is 0.274 e. The van der Waals surface area contributed by atoms with E-state index in [1.54, 1.807) is 11.0 Å². The van der Waals surface area contributed by atoms with Gasteiger partial charge in [0.2, 0.25) is 5.91 Å². The molecule has 146 valence electrons. The molecule has 7 nitrogen and oxygen atoms in total. The second-order valence-corrected chi connectivity index (χ2v) is 7.06. The molecule has 8 heteroatoms. The molecule has 2 aliphatic heterocycles. The van der Waals surface area contributed by atoms with Crippen molar-refractivity contribution in [3.63, 3.8) is 0 Å². The molecule has 0 saturated carbocycles. The molecule has 0 aromatic carbocycles. The third kappa shape index (κ3) is 4.98. The first-order chi connectivity index (χ1) is 12.2. The van der Waals surface area contributed by atoms with Gasteiger partial charge in [0, 0.05) is 32.4 Å². The monoisotopic (exact) mass is 383 g/mol. The largest absolute Gasteiger partial charge is 0.356 e. The molecule has 1 aromatic rings. The van der Waals surface area contributed by atoms with Crippen LogP contribution in [0.25, 0.3) is 0 Å². The first kappa shape index (κ1) is 20.7. The summed E-state index contributed by atoms with van der Waals surface area (Å²) in [5.74, 6) is -0.0949. The van der Waals surface area contributed by atoms with Gasteiger partial charge in [0.15, 0.2) is 0 Å². The van der Waals surface area contributed by atoms with Crippen molar-refractivity contribution in [3.05, 3.63) is 18.0 Å². The maximum Gasteiger partial charge on any atom is 0.274 e. The average molecular weight is 384 g/mol. The summed E-state index contributed by atoms with van der Waals surface area (Å²) in [5, 5.41) is 10.8. The van der Waals surface area contributed by atoms with Crippen LogP contribution in [0.15, 0.2) is 12.3 Å². The van der Waals surface area contributed by atoms with Gasteiger partial charge in [-0.25, -0.2) is 0 Å². The van der Waals surface area contributed by atoms with Gasteiger partial charge in [-0.1, -0.05) is 6.92 Å². The second-order valence-electron chi connectivity index (χ2n) is 7.06. The van der Waals surface area contributed by atoms with Gasteiger partial charge in [-0.15, -0.1) is 12.4 Å². The van der Waals surface area contributed by atoms with Crippen LogP contribution >= 0.6 is 12.4 Å². The van der Waals surface area contributed by atoms with E-state index in [-0.39, 0.29) is 30.1 Å².